The first-order valence-corrected chi connectivity index (χ1v) is 6.46. The van der Waals surface area contributed by atoms with E-state index in [1.165, 1.54) is 24.0 Å². The average Bonchev–Trinajstić information content (AvgIpc) is 2.52. The Labute approximate surface area is 117 Å². The molecule has 0 spiro atoms. The van der Waals surface area contributed by atoms with Crippen LogP contribution in [0.4, 0.5) is 0 Å². The predicted octanol–water partition coefficient (Wildman–Crippen LogP) is 4.18. The van der Waals surface area contributed by atoms with Crippen LogP contribution in [-0.4, -0.2) is 13.1 Å². The van der Waals surface area contributed by atoms with Crippen LogP contribution >= 0.6 is 0 Å². The molecule has 0 unspecified atom stereocenters. The molecule has 0 amide bonds. The molecule has 0 heterocycles. The highest BCUT2D eigenvalue weighted by Gasteiger charge is 2.04. The van der Waals surface area contributed by atoms with E-state index in [1.807, 2.05) is 24.3 Å². The van der Waals surface area contributed by atoms with Crippen molar-refractivity contribution in [2.24, 2.45) is 0 Å². The van der Waals surface area contributed by atoms with Gasteiger partial charge in [-0.3, -0.25) is 0 Å². The van der Waals surface area contributed by atoms with Gasteiger partial charge in [-0.15, -0.1) is 0 Å². The van der Waals surface area contributed by atoms with Crippen molar-refractivity contribution < 1.29 is 9.53 Å². The lowest BCUT2D eigenvalue weighted by Crippen LogP contribution is -1.93. The molecule has 3 aromatic rings. The maximum absolute atomic E-state index is 11.3. The first kappa shape index (κ1) is 12.4. The molecule has 0 radical (unpaired) electrons. The Morgan fingerprint density at radius 2 is 1.60 bits per heavy atom. The maximum atomic E-state index is 11.3. The predicted molar refractivity (Wildman–Crippen MR) is 82.5 cm³/mol. The number of carbonyl (C=O) groups excluding carboxylic acids is 1. The van der Waals surface area contributed by atoms with Gasteiger partial charge in [0.15, 0.2) is 0 Å². The van der Waals surface area contributed by atoms with Gasteiger partial charge < -0.3 is 4.74 Å². The summed E-state index contributed by atoms with van der Waals surface area (Å²) in [6, 6.07) is 18.6. The number of ether oxygens (including phenoxy) is 1. The Balaban J connectivity index is 2.29. The SMILES string of the molecule is COC(=O)/C=C/c1cc2ccccc2c2ccccc12. The van der Waals surface area contributed by atoms with E-state index in [0.29, 0.717) is 0 Å². The lowest BCUT2D eigenvalue weighted by Gasteiger charge is -2.07. The minimum atomic E-state index is -0.345. The van der Waals surface area contributed by atoms with Gasteiger partial charge in [0.2, 0.25) is 0 Å². The van der Waals surface area contributed by atoms with E-state index < -0.39 is 0 Å². The van der Waals surface area contributed by atoms with Crippen LogP contribution in [0.2, 0.25) is 0 Å². The van der Waals surface area contributed by atoms with E-state index in [4.69, 9.17) is 0 Å². The first-order chi connectivity index (χ1) is 9.79. The molecule has 98 valence electrons. The van der Waals surface area contributed by atoms with Gasteiger partial charge in [0, 0.05) is 6.08 Å². The molecule has 0 bridgehead atoms. The number of benzene rings is 3. The Hall–Kier alpha value is -2.61. The summed E-state index contributed by atoms with van der Waals surface area (Å²) in [5, 5.41) is 4.70. The fourth-order valence-electron chi connectivity index (χ4n) is 2.45. The monoisotopic (exact) mass is 262 g/mol. The number of rotatable bonds is 2. The number of esters is 1. The highest BCUT2D eigenvalue weighted by atomic mass is 16.5. The van der Waals surface area contributed by atoms with Crippen molar-refractivity contribution in [1.29, 1.82) is 0 Å². The minimum Gasteiger partial charge on any atom is -0.466 e. The molecule has 3 aromatic carbocycles. The zero-order valence-electron chi connectivity index (χ0n) is 11.2. The zero-order chi connectivity index (χ0) is 13.9. The van der Waals surface area contributed by atoms with Crippen molar-refractivity contribution in [3.05, 3.63) is 66.2 Å². The summed E-state index contributed by atoms with van der Waals surface area (Å²) in [5.74, 6) is -0.345. The standard InChI is InChI=1S/C18H14O2/c1-20-18(19)11-10-14-12-13-6-2-3-7-15(13)17-9-5-4-8-16(14)17/h2-12H,1H3/b11-10+. The van der Waals surface area contributed by atoms with Crippen LogP contribution in [0, 0.1) is 0 Å². The number of hydrogen-bond acceptors (Lipinski definition) is 2. The van der Waals surface area contributed by atoms with E-state index in [9.17, 15) is 4.79 Å². The summed E-state index contributed by atoms with van der Waals surface area (Å²) in [6.45, 7) is 0. The Morgan fingerprint density at radius 3 is 2.35 bits per heavy atom. The Morgan fingerprint density at radius 1 is 0.950 bits per heavy atom. The molecule has 0 aromatic heterocycles. The molecule has 0 fully saturated rings. The summed E-state index contributed by atoms with van der Waals surface area (Å²) in [7, 11) is 1.38. The van der Waals surface area contributed by atoms with Gasteiger partial charge >= 0.3 is 5.97 Å². The molecular weight excluding hydrogens is 248 g/mol. The molecule has 0 aliphatic heterocycles. The zero-order valence-corrected chi connectivity index (χ0v) is 11.2. The Kier molecular flexibility index (Phi) is 3.21. The summed E-state index contributed by atoms with van der Waals surface area (Å²) in [4.78, 5) is 11.3. The summed E-state index contributed by atoms with van der Waals surface area (Å²) >= 11 is 0. The van der Waals surface area contributed by atoms with Gasteiger partial charge in [-0.05, 0) is 39.3 Å². The smallest absolute Gasteiger partial charge is 0.330 e. The molecule has 0 aliphatic carbocycles. The van der Waals surface area contributed by atoms with Crippen molar-refractivity contribution in [3.63, 3.8) is 0 Å². The quantitative estimate of drug-likeness (QED) is 0.393. The van der Waals surface area contributed by atoms with Gasteiger partial charge in [-0.1, -0.05) is 48.5 Å². The van der Waals surface area contributed by atoms with E-state index in [0.717, 1.165) is 16.3 Å². The Bertz CT molecular complexity index is 816. The summed E-state index contributed by atoms with van der Waals surface area (Å²) in [5.41, 5.74) is 1.02. The molecule has 0 N–H and O–H groups in total. The fourth-order valence-corrected chi connectivity index (χ4v) is 2.45. The van der Waals surface area contributed by atoms with Crippen LogP contribution in [0.1, 0.15) is 5.56 Å². The second-order valence-corrected chi connectivity index (χ2v) is 4.59. The van der Waals surface area contributed by atoms with E-state index >= 15 is 0 Å². The van der Waals surface area contributed by atoms with Gasteiger partial charge in [0.25, 0.3) is 0 Å². The van der Waals surface area contributed by atoms with Crippen LogP contribution in [0.25, 0.3) is 27.6 Å². The number of methoxy groups -OCH3 is 1. The number of fused-ring (bicyclic) bond motifs is 3. The molecule has 0 atom stereocenters. The third kappa shape index (κ3) is 2.16. The van der Waals surface area contributed by atoms with Crippen LogP contribution in [0.15, 0.2) is 60.7 Å². The highest BCUT2D eigenvalue weighted by Crippen LogP contribution is 2.29. The molecule has 0 saturated heterocycles. The molecule has 2 heteroatoms. The molecule has 3 rings (SSSR count). The minimum absolute atomic E-state index is 0.345. The number of carbonyl (C=O) groups is 1. The van der Waals surface area contributed by atoms with Crippen molar-refractivity contribution >= 4 is 33.6 Å². The lowest BCUT2D eigenvalue weighted by molar-refractivity contribution is -0.134. The number of hydrogen-bond donors (Lipinski definition) is 0. The van der Waals surface area contributed by atoms with Crippen molar-refractivity contribution in [2.75, 3.05) is 7.11 Å². The third-order valence-electron chi connectivity index (χ3n) is 3.40. The van der Waals surface area contributed by atoms with Gasteiger partial charge in [0.05, 0.1) is 7.11 Å². The molecule has 0 aliphatic rings. The lowest BCUT2D eigenvalue weighted by atomic mass is 9.97. The van der Waals surface area contributed by atoms with Crippen molar-refractivity contribution in [2.45, 2.75) is 0 Å². The highest BCUT2D eigenvalue weighted by molar-refractivity contribution is 6.11. The van der Waals surface area contributed by atoms with E-state index in [1.54, 1.807) is 6.08 Å². The average molecular weight is 262 g/mol. The van der Waals surface area contributed by atoms with Crippen LogP contribution in [0.5, 0.6) is 0 Å². The third-order valence-corrected chi connectivity index (χ3v) is 3.40. The van der Waals surface area contributed by atoms with Crippen LogP contribution in [0.3, 0.4) is 0 Å². The second-order valence-electron chi connectivity index (χ2n) is 4.59. The largest absolute Gasteiger partial charge is 0.466 e. The normalized spacial score (nSPS) is 11.2. The van der Waals surface area contributed by atoms with Gasteiger partial charge in [-0.2, -0.15) is 0 Å². The topological polar surface area (TPSA) is 26.3 Å². The first-order valence-electron chi connectivity index (χ1n) is 6.46. The van der Waals surface area contributed by atoms with E-state index in [-0.39, 0.29) is 5.97 Å². The van der Waals surface area contributed by atoms with Crippen molar-refractivity contribution in [1.82, 2.24) is 0 Å². The van der Waals surface area contributed by atoms with Crippen LogP contribution < -0.4 is 0 Å². The molecule has 2 nitrogen and oxygen atoms in total. The van der Waals surface area contributed by atoms with Crippen molar-refractivity contribution in [3.8, 4) is 0 Å². The second kappa shape index (κ2) is 5.17. The molecule has 20 heavy (non-hydrogen) atoms. The van der Waals surface area contributed by atoms with Gasteiger partial charge in [-0.25, -0.2) is 4.79 Å². The van der Waals surface area contributed by atoms with Gasteiger partial charge in [0.1, 0.15) is 0 Å². The molecule has 0 saturated carbocycles. The van der Waals surface area contributed by atoms with E-state index in [2.05, 4.69) is 35.1 Å². The molecular formula is C18H14O2. The summed E-state index contributed by atoms with van der Waals surface area (Å²) in [6.07, 6.45) is 3.26. The maximum Gasteiger partial charge on any atom is 0.330 e. The summed E-state index contributed by atoms with van der Waals surface area (Å²) < 4.78 is 4.65. The fraction of sp³-hybridized carbons (Fsp3) is 0.0556. The van der Waals surface area contributed by atoms with Crippen LogP contribution in [-0.2, 0) is 9.53 Å².